The van der Waals surface area contributed by atoms with E-state index >= 15 is 0 Å². The molecule has 2 atom stereocenters. The van der Waals surface area contributed by atoms with E-state index in [2.05, 4.69) is 14.8 Å². The van der Waals surface area contributed by atoms with Crippen molar-refractivity contribution in [3.05, 3.63) is 11.6 Å². The molecule has 1 N–H and O–H groups in total. The predicted molar refractivity (Wildman–Crippen MR) is 62.8 cm³/mol. The molecular weight excluding hydrogens is 218 g/mol. The molecule has 1 aliphatic rings. The van der Waals surface area contributed by atoms with Gasteiger partial charge in [0, 0.05) is 18.9 Å². The molecule has 0 spiro atoms. The Kier molecular flexibility index (Phi) is 3.45. The van der Waals surface area contributed by atoms with E-state index in [1.807, 2.05) is 6.92 Å². The molecule has 94 valence electrons. The molecule has 0 radical (unpaired) electrons. The summed E-state index contributed by atoms with van der Waals surface area (Å²) in [5, 5.41) is 17.4. The SMILES string of the molecule is CC(C(=O)O)C(C)c1nnc2n1CCCCC2. The number of aryl methyl sites for hydroxylation is 1. The number of aromatic nitrogens is 3. The van der Waals surface area contributed by atoms with Gasteiger partial charge in [-0.15, -0.1) is 10.2 Å². The first-order valence-electron chi connectivity index (χ1n) is 6.26. The summed E-state index contributed by atoms with van der Waals surface area (Å²) in [7, 11) is 0. The summed E-state index contributed by atoms with van der Waals surface area (Å²) in [5.74, 6) is 0.556. The van der Waals surface area contributed by atoms with Crippen LogP contribution >= 0.6 is 0 Å². The smallest absolute Gasteiger partial charge is 0.306 e. The molecule has 0 aliphatic carbocycles. The lowest BCUT2D eigenvalue weighted by Crippen LogP contribution is -2.20. The minimum absolute atomic E-state index is 0.0909. The number of hydrogen-bond donors (Lipinski definition) is 1. The van der Waals surface area contributed by atoms with Crippen LogP contribution in [-0.4, -0.2) is 25.8 Å². The highest BCUT2D eigenvalue weighted by Gasteiger charge is 2.27. The second-order valence-electron chi connectivity index (χ2n) is 4.85. The third kappa shape index (κ3) is 2.33. The van der Waals surface area contributed by atoms with Crippen molar-refractivity contribution in [2.45, 2.75) is 52.0 Å². The van der Waals surface area contributed by atoms with Gasteiger partial charge in [-0.3, -0.25) is 4.79 Å². The van der Waals surface area contributed by atoms with Crippen LogP contribution in [-0.2, 0) is 17.8 Å². The van der Waals surface area contributed by atoms with Crippen molar-refractivity contribution in [3.8, 4) is 0 Å². The van der Waals surface area contributed by atoms with Crippen molar-refractivity contribution in [2.75, 3.05) is 0 Å². The molecule has 0 saturated heterocycles. The first-order chi connectivity index (χ1) is 8.11. The molecule has 0 fully saturated rings. The van der Waals surface area contributed by atoms with Crippen LogP contribution in [0.5, 0.6) is 0 Å². The Hall–Kier alpha value is -1.39. The normalized spacial score (nSPS) is 19.2. The van der Waals surface area contributed by atoms with E-state index in [9.17, 15) is 4.79 Å². The van der Waals surface area contributed by atoms with E-state index in [1.54, 1.807) is 6.92 Å². The van der Waals surface area contributed by atoms with Gasteiger partial charge < -0.3 is 9.67 Å². The van der Waals surface area contributed by atoms with Gasteiger partial charge >= 0.3 is 5.97 Å². The Balaban J connectivity index is 2.27. The molecule has 17 heavy (non-hydrogen) atoms. The first-order valence-corrected chi connectivity index (χ1v) is 6.26. The molecule has 0 saturated carbocycles. The average molecular weight is 237 g/mol. The Morgan fingerprint density at radius 3 is 2.76 bits per heavy atom. The number of carbonyl (C=O) groups is 1. The summed E-state index contributed by atoms with van der Waals surface area (Å²) in [5.41, 5.74) is 0. The van der Waals surface area contributed by atoms with Crippen LogP contribution < -0.4 is 0 Å². The van der Waals surface area contributed by atoms with Crippen molar-refractivity contribution in [1.82, 2.24) is 14.8 Å². The van der Waals surface area contributed by atoms with Gasteiger partial charge in [-0.2, -0.15) is 0 Å². The minimum Gasteiger partial charge on any atom is -0.481 e. The summed E-state index contributed by atoms with van der Waals surface area (Å²) in [6.07, 6.45) is 4.46. The Labute approximate surface area is 101 Å². The molecular formula is C12H19N3O2. The number of rotatable bonds is 3. The molecule has 0 bridgehead atoms. The lowest BCUT2D eigenvalue weighted by atomic mass is 9.95. The van der Waals surface area contributed by atoms with Crippen LogP contribution in [0.4, 0.5) is 0 Å². The standard InChI is InChI=1S/C12H19N3O2/c1-8(9(2)12(16)17)11-14-13-10-6-4-3-5-7-15(10)11/h8-9H,3-7H2,1-2H3,(H,16,17). The highest BCUT2D eigenvalue weighted by molar-refractivity contribution is 5.70. The van der Waals surface area contributed by atoms with Crippen molar-refractivity contribution >= 4 is 5.97 Å². The number of carboxylic acid groups (broad SMARTS) is 1. The number of hydrogen-bond acceptors (Lipinski definition) is 3. The zero-order valence-corrected chi connectivity index (χ0v) is 10.4. The van der Waals surface area contributed by atoms with Crippen LogP contribution in [0.3, 0.4) is 0 Å². The second-order valence-corrected chi connectivity index (χ2v) is 4.85. The topological polar surface area (TPSA) is 68.0 Å². The minimum atomic E-state index is -0.775. The van der Waals surface area contributed by atoms with Crippen LogP contribution in [0.15, 0.2) is 0 Å². The largest absolute Gasteiger partial charge is 0.481 e. The Morgan fingerprint density at radius 1 is 1.29 bits per heavy atom. The summed E-state index contributed by atoms with van der Waals surface area (Å²) in [6, 6.07) is 0. The third-order valence-corrected chi connectivity index (χ3v) is 3.68. The maximum Gasteiger partial charge on any atom is 0.306 e. The van der Waals surface area contributed by atoms with E-state index in [0.717, 1.165) is 37.5 Å². The highest BCUT2D eigenvalue weighted by atomic mass is 16.4. The molecule has 2 heterocycles. The number of aliphatic carboxylic acids is 1. The molecule has 0 aromatic carbocycles. The fourth-order valence-corrected chi connectivity index (χ4v) is 2.28. The third-order valence-electron chi connectivity index (χ3n) is 3.68. The van der Waals surface area contributed by atoms with Gasteiger partial charge in [0.05, 0.1) is 5.92 Å². The maximum atomic E-state index is 11.0. The monoisotopic (exact) mass is 237 g/mol. The molecule has 5 heteroatoms. The Morgan fingerprint density at radius 2 is 2.06 bits per heavy atom. The van der Waals surface area contributed by atoms with Gasteiger partial charge in [-0.05, 0) is 12.8 Å². The van der Waals surface area contributed by atoms with E-state index in [0.29, 0.717) is 0 Å². The molecule has 5 nitrogen and oxygen atoms in total. The van der Waals surface area contributed by atoms with Gasteiger partial charge in [0.2, 0.25) is 0 Å². The Bertz CT molecular complexity index is 414. The van der Waals surface area contributed by atoms with E-state index in [4.69, 9.17) is 5.11 Å². The van der Waals surface area contributed by atoms with Gasteiger partial charge in [0.15, 0.2) is 0 Å². The maximum absolute atomic E-state index is 11.0. The van der Waals surface area contributed by atoms with Crippen molar-refractivity contribution < 1.29 is 9.90 Å². The second kappa shape index (κ2) is 4.85. The number of carboxylic acids is 1. The molecule has 2 rings (SSSR count). The highest BCUT2D eigenvalue weighted by Crippen LogP contribution is 2.25. The zero-order chi connectivity index (χ0) is 12.4. The molecule has 1 aromatic rings. The van der Waals surface area contributed by atoms with Crippen LogP contribution in [0.2, 0.25) is 0 Å². The fraction of sp³-hybridized carbons (Fsp3) is 0.750. The number of fused-ring (bicyclic) bond motifs is 1. The van der Waals surface area contributed by atoms with Crippen molar-refractivity contribution in [1.29, 1.82) is 0 Å². The average Bonchev–Trinajstić information content (AvgIpc) is 2.56. The van der Waals surface area contributed by atoms with Gasteiger partial charge in [0.1, 0.15) is 11.6 Å². The molecule has 0 amide bonds. The van der Waals surface area contributed by atoms with Crippen LogP contribution in [0.25, 0.3) is 0 Å². The summed E-state index contributed by atoms with van der Waals surface area (Å²) >= 11 is 0. The van der Waals surface area contributed by atoms with Crippen LogP contribution in [0, 0.1) is 5.92 Å². The van der Waals surface area contributed by atoms with E-state index in [-0.39, 0.29) is 5.92 Å². The van der Waals surface area contributed by atoms with Gasteiger partial charge in [0.25, 0.3) is 0 Å². The fourth-order valence-electron chi connectivity index (χ4n) is 2.28. The summed E-state index contributed by atoms with van der Waals surface area (Å²) in [4.78, 5) is 11.0. The van der Waals surface area contributed by atoms with Crippen LogP contribution in [0.1, 0.15) is 50.7 Å². The van der Waals surface area contributed by atoms with E-state index in [1.165, 1.54) is 6.42 Å². The summed E-state index contributed by atoms with van der Waals surface area (Å²) < 4.78 is 2.12. The molecule has 2 unspecified atom stereocenters. The first kappa shape index (κ1) is 12.1. The van der Waals surface area contributed by atoms with Gasteiger partial charge in [-0.25, -0.2) is 0 Å². The predicted octanol–water partition coefficient (Wildman–Crippen LogP) is 1.83. The number of nitrogens with zero attached hydrogens (tertiary/aromatic N) is 3. The molecule has 1 aromatic heterocycles. The zero-order valence-electron chi connectivity index (χ0n) is 10.4. The van der Waals surface area contributed by atoms with Crippen molar-refractivity contribution in [3.63, 3.8) is 0 Å². The lowest BCUT2D eigenvalue weighted by Gasteiger charge is -2.16. The summed E-state index contributed by atoms with van der Waals surface area (Å²) in [6.45, 7) is 4.57. The van der Waals surface area contributed by atoms with Crippen molar-refractivity contribution in [2.24, 2.45) is 5.92 Å². The van der Waals surface area contributed by atoms with E-state index < -0.39 is 11.9 Å². The lowest BCUT2D eigenvalue weighted by molar-refractivity contribution is -0.141. The molecule has 1 aliphatic heterocycles. The van der Waals surface area contributed by atoms with Gasteiger partial charge in [-0.1, -0.05) is 20.3 Å². The quantitative estimate of drug-likeness (QED) is 0.870.